The number of imidazole rings is 1. The summed E-state index contributed by atoms with van der Waals surface area (Å²) in [4.78, 5) is 15.1. The smallest absolute Gasteiger partial charge is 0.194 e. The maximum Gasteiger partial charge on any atom is 0.194 e. The minimum atomic E-state index is 0.593. The number of hydrogen-bond donors (Lipinski definition) is 1. The number of rotatable bonds is 6. The third-order valence-corrected chi connectivity index (χ3v) is 4.16. The van der Waals surface area contributed by atoms with E-state index in [1.54, 1.807) is 18.1 Å². The van der Waals surface area contributed by atoms with E-state index in [-0.39, 0.29) is 0 Å². The number of aryl methyl sites for hydroxylation is 1. The lowest BCUT2D eigenvalue weighted by molar-refractivity contribution is 0.446. The quantitative estimate of drug-likeness (QED) is 0.534. The van der Waals surface area contributed by atoms with E-state index in [1.807, 2.05) is 49.6 Å². The first-order valence-corrected chi connectivity index (χ1v) is 8.46. The Morgan fingerprint density at radius 2 is 2.00 bits per heavy atom. The highest BCUT2D eigenvalue weighted by Gasteiger charge is 2.11. The van der Waals surface area contributed by atoms with Gasteiger partial charge in [0.2, 0.25) is 0 Å². The molecule has 3 rings (SSSR count). The molecule has 3 aromatic rings. The first-order valence-electron chi connectivity index (χ1n) is 8.46. The van der Waals surface area contributed by atoms with Gasteiger partial charge in [-0.3, -0.25) is 9.67 Å². The van der Waals surface area contributed by atoms with Crippen LogP contribution < -0.4 is 5.32 Å². The van der Waals surface area contributed by atoms with Crippen LogP contribution in [0, 0.1) is 0 Å². The topological polar surface area (TPSA) is 76.2 Å². The zero-order valence-corrected chi connectivity index (χ0v) is 15.4. The molecule has 0 saturated heterocycles. The van der Waals surface area contributed by atoms with Gasteiger partial charge in [0.05, 0.1) is 13.1 Å². The number of aliphatic imine (C=N–C) groups is 1. The molecule has 0 aliphatic carbocycles. The molecule has 1 N–H and O–H groups in total. The van der Waals surface area contributed by atoms with Crippen LogP contribution >= 0.6 is 0 Å². The average molecular weight is 352 g/mol. The van der Waals surface area contributed by atoms with Crippen LogP contribution in [-0.2, 0) is 26.7 Å². The van der Waals surface area contributed by atoms with E-state index in [2.05, 4.69) is 42.1 Å². The molecule has 2 heterocycles. The molecule has 8 heteroatoms. The monoisotopic (exact) mass is 352 g/mol. The Morgan fingerprint density at radius 1 is 1.19 bits per heavy atom. The van der Waals surface area contributed by atoms with Gasteiger partial charge < -0.3 is 14.8 Å². The first kappa shape index (κ1) is 17.7. The van der Waals surface area contributed by atoms with Crippen molar-refractivity contribution >= 4 is 5.96 Å². The number of guanidine groups is 1. The fourth-order valence-corrected chi connectivity index (χ4v) is 2.72. The highest BCUT2D eigenvalue weighted by atomic mass is 15.4. The molecule has 0 spiro atoms. The Kier molecular flexibility index (Phi) is 5.62. The third-order valence-electron chi connectivity index (χ3n) is 4.16. The zero-order chi connectivity index (χ0) is 18.4. The lowest BCUT2D eigenvalue weighted by Crippen LogP contribution is -2.39. The standard InChI is InChI=1S/C18H24N8/c1-19-18(24(2)13-17-22-14-23-25(17)3)21-11-16-20-9-10-26(16)12-15-7-5-4-6-8-15/h4-10,14H,11-13H2,1-3H3,(H,19,21). The molecule has 136 valence electrons. The van der Waals surface area contributed by atoms with E-state index in [0.717, 1.165) is 24.2 Å². The minimum absolute atomic E-state index is 0.593. The normalized spacial score (nSPS) is 11.6. The summed E-state index contributed by atoms with van der Waals surface area (Å²) in [5.41, 5.74) is 1.25. The summed E-state index contributed by atoms with van der Waals surface area (Å²) in [7, 11) is 5.62. The zero-order valence-electron chi connectivity index (χ0n) is 15.4. The molecule has 0 saturated carbocycles. The van der Waals surface area contributed by atoms with Crippen molar-refractivity contribution in [1.82, 2.24) is 34.5 Å². The van der Waals surface area contributed by atoms with Crippen molar-refractivity contribution in [2.45, 2.75) is 19.6 Å². The van der Waals surface area contributed by atoms with Gasteiger partial charge in [-0.25, -0.2) is 9.97 Å². The number of aromatic nitrogens is 5. The molecular weight excluding hydrogens is 328 g/mol. The summed E-state index contributed by atoms with van der Waals surface area (Å²) >= 11 is 0. The van der Waals surface area contributed by atoms with E-state index < -0.39 is 0 Å². The number of nitrogens with zero attached hydrogens (tertiary/aromatic N) is 7. The molecule has 0 aliphatic rings. The summed E-state index contributed by atoms with van der Waals surface area (Å²) in [6.45, 7) is 2.01. The fraction of sp³-hybridized carbons (Fsp3) is 0.333. The van der Waals surface area contributed by atoms with Gasteiger partial charge in [0.1, 0.15) is 18.0 Å². The molecule has 1 aromatic carbocycles. The molecule has 2 aromatic heterocycles. The van der Waals surface area contributed by atoms with Crippen LogP contribution in [0.5, 0.6) is 0 Å². The molecule has 26 heavy (non-hydrogen) atoms. The fourth-order valence-electron chi connectivity index (χ4n) is 2.72. The van der Waals surface area contributed by atoms with Crippen LogP contribution in [0.1, 0.15) is 17.2 Å². The molecular formula is C18H24N8. The number of hydrogen-bond acceptors (Lipinski definition) is 4. The first-order chi connectivity index (χ1) is 12.7. The molecule has 0 aliphatic heterocycles. The van der Waals surface area contributed by atoms with E-state index in [4.69, 9.17) is 0 Å². The molecule has 0 radical (unpaired) electrons. The van der Waals surface area contributed by atoms with Crippen molar-refractivity contribution in [2.75, 3.05) is 14.1 Å². The van der Waals surface area contributed by atoms with Crippen molar-refractivity contribution in [3.05, 3.63) is 66.3 Å². The van der Waals surface area contributed by atoms with Gasteiger partial charge in [-0.2, -0.15) is 5.10 Å². The maximum atomic E-state index is 4.47. The second-order valence-electron chi connectivity index (χ2n) is 6.01. The van der Waals surface area contributed by atoms with E-state index >= 15 is 0 Å². The second kappa shape index (κ2) is 8.28. The van der Waals surface area contributed by atoms with Crippen molar-refractivity contribution in [3.63, 3.8) is 0 Å². The van der Waals surface area contributed by atoms with Crippen LogP contribution in [0.25, 0.3) is 0 Å². The van der Waals surface area contributed by atoms with E-state index in [9.17, 15) is 0 Å². The Labute approximate surface area is 153 Å². The maximum absolute atomic E-state index is 4.47. The van der Waals surface area contributed by atoms with E-state index in [1.165, 1.54) is 5.56 Å². The number of nitrogens with one attached hydrogen (secondary N) is 1. The van der Waals surface area contributed by atoms with Gasteiger partial charge in [-0.15, -0.1) is 0 Å². The summed E-state index contributed by atoms with van der Waals surface area (Å²) < 4.78 is 3.90. The molecule has 0 unspecified atom stereocenters. The van der Waals surface area contributed by atoms with Gasteiger partial charge in [-0.05, 0) is 5.56 Å². The lowest BCUT2D eigenvalue weighted by atomic mass is 10.2. The largest absolute Gasteiger partial charge is 0.349 e. The molecule has 0 atom stereocenters. The SMILES string of the molecule is CN=C(NCc1nccn1Cc1ccccc1)N(C)Cc1ncnn1C. The summed E-state index contributed by atoms with van der Waals surface area (Å²) in [6.07, 6.45) is 5.38. The summed E-state index contributed by atoms with van der Waals surface area (Å²) in [5, 5.41) is 7.46. The van der Waals surface area contributed by atoms with Crippen LogP contribution in [0.2, 0.25) is 0 Å². The van der Waals surface area contributed by atoms with E-state index in [0.29, 0.717) is 13.1 Å². The molecule has 8 nitrogen and oxygen atoms in total. The molecule has 0 amide bonds. The Balaban J connectivity index is 1.61. The van der Waals surface area contributed by atoms with Gasteiger partial charge in [-0.1, -0.05) is 30.3 Å². The Bertz CT molecular complexity index is 849. The minimum Gasteiger partial charge on any atom is -0.349 e. The van der Waals surface area contributed by atoms with Crippen LogP contribution in [0.15, 0.2) is 54.0 Å². The van der Waals surface area contributed by atoms with Crippen LogP contribution in [-0.4, -0.2) is 49.3 Å². The lowest BCUT2D eigenvalue weighted by Gasteiger charge is -2.21. The molecule has 0 bridgehead atoms. The third kappa shape index (κ3) is 4.27. The van der Waals surface area contributed by atoms with Gasteiger partial charge in [0, 0.05) is 40.1 Å². The number of benzene rings is 1. The van der Waals surface area contributed by atoms with Crippen molar-refractivity contribution in [2.24, 2.45) is 12.0 Å². The highest BCUT2D eigenvalue weighted by Crippen LogP contribution is 2.06. The van der Waals surface area contributed by atoms with Gasteiger partial charge in [0.25, 0.3) is 0 Å². The van der Waals surface area contributed by atoms with Crippen LogP contribution in [0.4, 0.5) is 0 Å². The summed E-state index contributed by atoms with van der Waals surface area (Å²) in [6, 6.07) is 10.4. The van der Waals surface area contributed by atoms with Gasteiger partial charge in [0.15, 0.2) is 5.96 Å². The second-order valence-corrected chi connectivity index (χ2v) is 6.01. The summed E-state index contributed by atoms with van der Waals surface area (Å²) in [5.74, 6) is 2.62. The van der Waals surface area contributed by atoms with Crippen molar-refractivity contribution in [1.29, 1.82) is 0 Å². The predicted octanol–water partition coefficient (Wildman–Crippen LogP) is 1.27. The predicted molar refractivity (Wildman–Crippen MR) is 100 cm³/mol. The molecule has 0 fully saturated rings. The Hall–Kier alpha value is -3.16. The van der Waals surface area contributed by atoms with Crippen molar-refractivity contribution in [3.8, 4) is 0 Å². The Morgan fingerprint density at radius 3 is 2.69 bits per heavy atom. The van der Waals surface area contributed by atoms with Crippen molar-refractivity contribution < 1.29 is 0 Å². The van der Waals surface area contributed by atoms with Gasteiger partial charge >= 0.3 is 0 Å². The average Bonchev–Trinajstić information content (AvgIpc) is 3.26. The highest BCUT2D eigenvalue weighted by molar-refractivity contribution is 5.79. The van der Waals surface area contributed by atoms with Crippen LogP contribution in [0.3, 0.4) is 0 Å².